The number of piperidine rings is 1. The Bertz CT molecular complexity index is 1110. The Hall–Kier alpha value is -2.55. The Morgan fingerprint density at radius 2 is 1.75 bits per heavy atom. The lowest BCUT2D eigenvalue weighted by Crippen LogP contribution is -2.52. The lowest BCUT2D eigenvalue weighted by molar-refractivity contribution is -0.139. The highest BCUT2D eigenvalue weighted by Crippen LogP contribution is 2.26. The fourth-order valence-electron chi connectivity index (χ4n) is 4.81. The van der Waals surface area contributed by atoms with Gasteiger partial charge >= 0.3 is 0 Å². The van der Waals surface area contributed by atoms with Crippen LogP contribution >= 0.6 is 11.3 Å². The highest BCUT2D eigenvalue weighted by atomic mass is 32.1. The normalized spacial score (nSPS) is 19.3. The third kappa shape index (κ3) is 4.48. The van der Waals surface area contributed by atoms with Crippen LogP contribution in [0.4, 0.5) is 0 Å². The molecular weight excluding hydrogens is 422 g/mol. The van der Waals surface area contributed by atoms with E-state index in [2.05, 4.69) is 31.8 Å². The van der Waals surface area contributed by atoms with Crippen molar-refractivity contribution >= 4 is 22.2 Å². The predicted molar refractivity (Wildman–Crippen MR) is 126 cm³/mol. The quantitative estimate of drug-likeness (QED) is 0.597. The molecule has 8 heteroatoms. The van der Waals surface area contributed by atoms with Crippen molar-refractivity contribution in [3.05, 3.63) is 69.6 Å². The van der Waals surface area contributed by atoms with E-state index in [4.69, 9.17) is 0 Å². The van der Waals surface area contributed by atoms with Gasteiger partial charge in [-0.15, -0.1) is 11.3 Å². The van der Waals surface area contributed by atoms with Crippen LogP contribution in [0.1, 0.15) is 36.6 Å². The summed E-state index contributed by atoms with van der Waals surface area (Å²) in [5.74, 6) is 0.238. The summed E-state index contributed by atoms with van der Waals surface area (Å²) in [7, 11) is 0. The smallest absolute Gasteiger partial charge is 0.258 e. The molecule has 32 heavy (non-hydrogen) atoms. The number of nitrogens with zero attached hydrogens (tertiary/aromatic N) is 5. The minimum atomic E-state index is -0.221. The van der Waals surface area contributed by atoms with E-state index in [1.54, 1.807) is 16.7 Å². The minimum Gasteiger partial charge on any atom is -0.341 e. The van der Waals surface area contributed by atoms with Gasteiger partial charge in [0.25, 0.3) is 5.56 Å². The van der Waals surface area contributed by atoms with Crippen molar-refractivity contribution in [1.29, 1.82) is 0 Å². The summed E-state index contributed by atoms with van der Waals surface area (Å²) in [5, 5.41) is 1.88. The second-order valence-electron chi connectivity index (χ2n) is 8.65. The fraction of sp³-hybridized carbons (Fsp3) is 0.458. The second kappa shape index (κ2) is 9.52. The monoisotopic (exact) mass is 451 g/mol. The van der Waals surface area contributed by atoms with Gasteiger partial charge in [0.1, 0.15) is 6.04 Å². The van der Waals surface area contributed by atoms with E-state index in [9.17, 15) is 9.59 Å². The van der Waals surface area contributed by atoms with Gasteiger partial charge in [-0.05, 0) is 24.8 Å². The maximum atomic E-state index is 13.5. The number of benzene rings is 1. The molecule has 1 unspecified atom stereocenters. The molecule has 1 atom stereocenters. The van der Waals surface area contributed by atoms with Gasteiger partial charge in [0.05, 0.1) is 5.69 Å². The maximum Gasteiger partial charge on any atom is 0.258 e. The van der Waals surface area contributed by atoms with Gasteiger partial charge in [-0.3, -0.25) is 23.8 Å². The zero-order valence-electron chi connectivity index (χ0n) is 18.2. The van der Waals surface area contributed by atoms with Crippen molar-refractivity contribution in [2.45, 2.75) is 31.8 Å². The van der Waals surface area contributed by atoms with E-state index < -0.39 is 0 Å². The largest absolute Gasteiger partial charge is 0.341 e. The van der Waals surface area contributed by atoms with Gasteiger partial charge in [-0.2, -0.15) is 0 Å². The minimum absolute atomic E-state index is 0.0267. The zero-order chi connectivity index (χ0) is 21.9. The molecule has 7 nitrogen and oxygen atoms in total. The van der Waals surface area contributed by atoms with Crippen LogP contribution in [0, 0.1) is 0 Å². The average Bonchev–Trinajstić information content (AvgIpc) is 3.31. The summed E-state index contributed by atoms with van der Waals surface area (Å²) in [5.41, 5.74) is 1.87. The molecule has 0 radical (unpaired) electrons. The average molecular weight is 452 g/mol. The summed E-state index contributed by atoms with van der Waals surface area (Å²) < 4.78 is 1.59. The van der Waals surface area contributed by atoms with Gasteiger partial charge in [0.2, 0.25) is 5.91 Å². The van der Waals surface area contributed by atoms with Crippen molar-refractivity contribution in [2.75, 3.05) is 39.3 Å². The van der Waals surface area contributed by atoms with Crippen molar-refractivity contribution in [1.82, 2.24) is 24.1 Å². The molecule has 2 aromatic heterocycles. The van der Waals surface area contributed by atoms with Gasteiger partial charge in [0.15, 0.2) is 4.96 Å². The molecule has 2 aliphatic heterocycles. The third-order valence-corrected chi connectivity index (χ3v) is 7.29. The topological polar surface area (TPSA) is 61.2 Å². The first-order valence-electron chi connectivity index (χ1n) is 11.4. The maximum absolute atomic E-state index is 13.5. The van der Waals surface area contributed by atoms with Crippen LogP contribution in [0.15, 0.2) is 52.8 Å². The summed E-state index contributed by atoms with van der Waals surface area (Å²) in [6, 6.07) is 11.6. The zero-order valence-corrected chi connectivity index (χ0v) is 19.0. The number of rotatable bonds is 5. The highest BCUT2D eigenvalue weighted by Gasteiger charge is 2.33. The Morgan fingerprint density at radius 3 is 2.50 bits per heavy atom. The SMILES string of the molecule is O=C(C(c1ccccc1)N1CCN(Cc2cc(=O)n3ccsc3n2)CC1)N1CCCCC1. The fourth-order valence-corrected chi connectivity index (χ4v) is 5.55. The number of thiazole rings is 1. The molecule has 0 aliphatic carbocycles. The number of carbonyl (C=O) groups is 1. The van der Waals surface area contributed by atoms with Gasteiger partial charge < -0.3 is 4.90 Å². The summed E-state index contributed by atoms with van der Waals surface area (Å²) in [4.78, 5) is 37.9. The molecule has 3 aromatic rings. The highest BCUT2D eigenvalue weighted by molar-refractivity contribution is 7.15. The first-order valence-corrected chi connectivity index (χ1v) is 12.3. The molecule has 1 amide bonds. The predicted octanol–water partition coefficient (Wildman–Crippen LogP) is 2.63. The van der Waals surface area contributed by atoms with Crippen LogP contribution < -0.4 is 5.56 Å². The second-order valence-corrected chi connectivity index (χ2v) is 9.53. The molecule has 0 N–H and O–H groups in total. The van der Waals surface area contributed by atoms with Crippen molar-refractivity contribution < 1.29 is 4.79 Å². The molecule has 1 aromatic carbocycles. The number of fused-ring (bicyclic) bond motifs is 1. The van der Waals surface area contributed by atoms with Gasteiger partial charge in [-0.1, -0.05) is 30.3 Å². The molecule has 2 saturated heterocycles. The van der Waals surface area contributed by atoms with E-state index >= 15 is 0 Å². The van der Waals surface area contributed by atoms with Crippen LogP contribution in [0.3, 0.4) is 0 Å². The molecule has 168 valence electrons. The van der Waals surface area contributed by atoms with Gasteiger partial charge in [-0.25, -0.2) is 4.98 Å². The number of amides is 1. The number of hydrogen-bond donors (Lipinski definition) is 0. The number of piperazine rings is 1. The van der Waals surface area contributed by atoms with Crippen LogP contribution in [0.5, 0.6) is 0 Å². The molecular formula is C24H29N5O2S. The first-order chi connectivity index (χ1) is 15.7. The number of hydrogen-bond acceptors (Lipinski definition) is 6. The summed E-state index contributed by atoms with van der Waals surface area (Å²) in [6.45, 7) is 5.74. The van der Waals surface area contributed by atoms with E-state index in [-0.39, 0.29) is 17.5 Å². The van der Waals surface area contributed by atoms with Crippen LogP contribution in [-0.2, 0) is 11.3 Å². The van der Waals surface area contributed by atoms with Crippen LogP contribution in [0.2, 0.25) is 0 Å². The Kier molecular flexibility index (Phi) is 6.34. The molecule has 2 fully saturated rings. The van der Waals surface area contributed by atoms with Crippen molar-refractivity contribution in [2.24, 2.45) is 0 Å². The number of aromatic nitrogens is 2. The summed E-state index contributed by atoms with van der Waals surface area (Å²) >= 11 is 1.48. The molecule has 4 heterocycles. The number of carbonyl (C=O) groups excluding carboxylic acids is 1. The molecule has 0 bridgehead atoms. The Morgan fingerprint density at radius 1 is 1.00 bits per heavy atom. The van der Waals surface area contributed by atoms with E-state index in [0.717, 1.165) is 68.3 Å². The van der Waals surface area contributed by atoms with Crippen molar-refractivity contribution in [3.8, 4) is 0 Å². The van der Waals surface area contributed by atoms with Crippen LogP contribution in [0.25, 0.3) is 4.96 Å². The molecule has 0 saturated carbocycles. The van der Waals surface area contributed by atoms with Gasteiger partial charge in [0, 0.05) is 63.5 Å². The summed E-state index contributed by atoms with van der Waals surface area (Å²) in [6.07, 6.45) is 5.18. The standard InChI is InChI=1S/C24H29N5O2S/c30-21-17-20(25-24-29(21)15-16-32-24)18-26-11-13-27(14-12-26)22(19-7-3-1-4-8-19)23(31)28-9-5-2-6-10-28/h1,3-4,7-8,15-17,22H,2,5-6,9-14,18H2. The molecule has 2 aliphatic rings. The third-order valence-electron chi connectivity index (χ3n) is 6.53. The molecule has 0 spiro atoms. The Balaban J connectivity index is 1.28. The first kappa shape index (κ1) is 21.3. The lowest BCUT2D eigenvalue weighted by Gasteiger charge is -2.41. The Labute approximate surface area is 191 Å². The number of likely N-dealkylation sites (tertiary alicyclic amines) is 1. The van der Waals surface area contributed by atoms with E-state index in [1.807, 2.05) is 23.6 Å². The molecule has 5 rings (SSSR count). The van der Waals surface area contributed by atoms with Crippen LogP contribution in [-0.4, -0.2) is 69.3 Å². The lowest BCUT2D eigenvalue weighted by atomic mass is 10.0. The van der Waals surface area contributed by atoms with Crippen molar-refractivity contribution in [3.63, 3.8) is 0 Å². The van der Waals surface area contributed by atoms with E-state index in [0.29, 0.717) is 6.54 Å². The van der Waals surface area contributed by atoms with E-state index in [1.165, 1.54) is 17.8 Å².